The van der Waals surface area contributed by atoms with Gasteiger partial charge in [0.2, 0.25) is 0 Å². The summed E-state index contributed by atoms with van der Waals surface area (Å²) in [4.78, 5) is 24.3. The number of nitrogens with zero attached hydrogens (tertiary/aromatic N) is 4. The minimum atomic E-state index is -0.450. The summed E-state index contributed by atoms with van der Waals surface area (Å²) in [5, 5.41) is 14.1. The highest BCUT2D eigenvalue weighted by molar-refractivity contribution is 6.05. The van der Waals surface area contributed by atoms with E-state index in [0.717, 1.165) is 5.56 Å². The number of rotatable bonds is 7. The molecule has 1 aromatic heterocycles. The lowest BCUT2D eigenvalue weighted by Crippen LogP contribution is -2.13. The standard InChI is InChI=1S/C20H21N5O4/c1-4-25-18(22-23-24-25)12-29-16-9-6-14(7-10-16)19(26)21-15-8-5-13(2)17(11-15)20(27)28-3/h5-11H,4,12H2,1-3H3,(H,21,26). The van der Waals surface area contributed by atoms with Crippen molar-refractivity contribution >= 4 is 17.6 Å². The number of hydrogen-bond donors (Lipinski definition) is 1. The number of carbonyl (C=O) groups is 2. The van der Waals surface area contributed by atoms with Crippen LogP contribution in [0.25, 0.3) is 0 Å². The molecular formula is C20H21N5O4. The number of hydrogen-bond acceptors (Lipinski definition) is 7. The lowest BCUT2D eigenvalue weighted by Gasteiger charge is -2.10. The molecule has 1 amide bonds. The minimum Gasteiger partial charge on any atom is -0.486 e. The second-order valence-electron chi connectivity index (χ2n) is 6.20. The second kappa shape index (κ2) is 8.96. The van der Waals surface area contributed by atoms with Gasteiger partial charge in [-0.1, -0.05) is 6.07 Å². The quantitative estimate of drug-likeness (QED) is 0.613. The Kier molecular flexibility index (Phi) is 6.18. The van der Waals surface area contributed by atoms with Gasteiger partial charge in [-0.2, -0.15) is 0 Å². The summed E-state index contributed by atoms with van der Waals surface area (Å²) in [6.07, 6.45) is 0. The van der Waals surface area contributed by atoms with Crippen LogP contribution in [0, 0.1) is 6.92 Å². The van der Waals surface area contributed by atoms with Gasteiger partial charge in [0.1, 0.15) is 12.4 Å². The molecule has 9 heteroatoms. The zero-order valence-electron chi connectivity index (χ0n) is 16.4. The van der Waals surface area contributed by atoms with Crippen molar-refractivity contribution < 1.29 is 19.1 Å². The highest BCUT2D eigenvalue weighted by Crippen LogP contribution is 2.18. The summed E-state index contributed by atoms with van der Waals surface area (Å²) in [5.41, 5.74) is 2.14. The molecule has 0 aliphatic rings. The summed E-state index contributed by atoms with van der Waals surface area (Å²) in [5.74, 6) is 0.464. The number of anilines is 1. The third-order valence-electron chi connectivity index (χ3n) is 4.29. The van der Waals surface area contributed by atoms with Crippen LogP contribution in [-0.4, -0.2) is 39.2 Å². The number of amides is 1. The molecule has 0 radical (unpaired) electrons. The molecule has 1 heterocycles. The first-order chi connectivity index (χ1) is 14.0. The van der Waals surface area contributed by atoms with E-state index in [2.05, 4.69) is 20.8 Å². The smallest absolute Gasteiger partial charge is 0.338 e. The van der Waals surface area contributed by atoms with Crippen LogP contribution in [0.3, 0.4) is 0 Å². The van der Waals surface area contributed by atoms with Crippen molar-refractivity contribution in [3.05, 3.63) is 65.0 Å². The number of ether oxygens (including phenoxy) is 2. The Morgan fingerprint density at radius 3 is 2.59 bits per heavy atom. The van der Waals surface area contributed by atoms with E-state index in [-0.39, 0.29) is 12.5 Å². The number of aryl methyl sites for hydroxylation is 2. The second-order valence-corrected chi connectivity index (χ2v) is 6.20. The molecule has 0 spiro atoms. The molecule has 0 saturated heterocycles. The Morgan fingerprint density at radius 2 is 1.90 bits per heavy atom. The van der Waals surface area contributed by atoms with Gasteiger partial charge in [0.15, 0.2) is 5.82 Å². The predicted molar refractivity (Wildman–Crippen MR) is 105 cm³/mol. The van der Waals surface area contributed by atoms with Crippen LogP contribution in [0.15, 0.2) is 42.5 Å². The molecular weight excluding hydrogens is 374 g/mol. The van der Waals surface area contributed by atoms with Gasteiger partial charge in [0.05, 0.1) is 12.7 Å². The Morgan fingerprint density at radius 1 is 1.14 bits per heavy atom. The van der Waals surface area contributed by atoms with Gasteiger partial charge in [0.25, 0.3) is 5.91 Å². The molecule has 0 unspecified atom stereocenters. The predicted octanol–water partition coefficient (Wildman–Crippen LogP) is 2.62. The maximum absolute atomic E-state index is 12.5. The molecule has 0 saturated carbocycles. The summed E-state index contributed by atoms with van der Waals surface area (Å²) >= 11 is 0. The van der Waals surface area contributed by atoms with E-state index < -0.39 is 5.97 Å². The first kappa shape index (κ1) is 20.0. The maximum atomic E-state index is 12.5. The van der Waals surface area contributed by atoms with Crippen LogP contribution in [0.1, 0.15) is 39.0 Å². The van der Waals surface area contributed by atoms with Crippen LogP contribution in [-0.2, 0) is 17.9 Å². The molecule has 0 bridgehead atoms. The van der Waals surface area contributed by atoms with Crippen LogP contribution in [0.4, 0.5) is 5.69 Å². The van der Waals surface area contributed by atoms with Gasteiger partial charge in [-0.15, -0.1) is 5.10 Å². The van der Waals surface area contributed by atoms with E-state index in [0.29, 0.717) is 34.9 Å². The van der Waals surface area contributed by atoms with Crippen LogP contribution >= 0.6 is 0 Å². The van der Waals surface area contributed by atoms with E-state index in [1.807, 2.05) is 6.92 Å². The van der Waals surface area contributed by atoms with Crippen molar-refractivity contribution in [3.63, 3.8) is 0 Å². The van der Waals surface area contributed by atoms with Gasteiger partial charge in [-0.3, -0.25) is 4.79 Å². The SMILES string of the molecule is CCn1nnnc1COc1ccc(C(=O)Nc2ccc(C)c(C(=O)OC)c2)cc1. The highest BCUT2D eigenvalue weighted by Gasteiger charge is 2.12. The topological polar surface area (TPSA) is 108 Å². The molecule has 2 aromatic carbocycles. The third kappa shape index (κ3) is 4.75. The average molecular weight is 395 g/mol. The summed E-state index contributed by atoms with van der Waals surface area (Å²) in [7, 11) is 1.32. The van der Waals surface area contributed by atoms with Crippen molar-refractivity contribution in [2.24, 2.45) is 0 Å². The Labute approximate surface area is 167 Å². The maximum Gasteiger partial charge on any atom is 0.338 e. The fourth-order valence-corrected chi connectivity index (χ4v) is 2.66. The molecule has 1 N–H and O–H groups in total. The molecule has 150 valence electrons. The van der Waals surface area contributed by atoms with E-state index in [1.54, 1.807) is 54.1 Å². The Bertz CT molecular complexity index is 1010. The molecule has 0 aliphatic heterocycles. The summed E-state index contributed by atoms with van der Waals surface area (Å²) in [6, 6.07) is 11.8. The van der Waals surface area contributed by atoms with Crippen molar-refractivity contribution in [3.8, 4) is 5.75 Å². The molecule has 0 aliphatic carbocycles. The van der Waals surface area contributed by atoms with Gasteiger partial charge in [0, 0.05) is 17.8 Å². The molecule has 3 rings (SSSR count). The molecule has 0 fully saturated rings. The Balaban J connectivity index is 1.64. The molecule has 3 aromatic rings. The van der Waals surface area contributed by atoms with Crippen molar-refractivity contribution in [2.75, 3.05) is 12.4 Å². The fourth-order valence-electron chi connectivity index (χ4n) is 2.66. The lowest BCUT2D eigenvalue weighted by atomic mass is 10.1. The van der Waals surface area contributed by atoms with E-state index in [9.17, 15) is 9.59 Å². The number of benzene rings is 2. The minimum absolute atomic E-state index is 0.228. The zero-order valence-corrected chi connectivity index (χ0v) is 16.4. The number of carbonyl (C=O) groups excluding carboxylic acids is 2. The zero-order chi connectivity index (χ0) is 20.8. The van der Waals surface area contributed by atoms with E-state index in [4.69, 9.17) is 9.47 Å². The first-order valence-electron chi connectivity index (χ1n) is 9.00. The lowest BCUT2D eigenvalue weighted by molar-refractivity contribution is 0.0599. The van der Waals surface area contributed by atoms with E-state index >= 15 is 0 Å². The fraction of sp³-hybridized carbons (Fsp3) is 0.250. The Hall–Kier alpha value is -3.75. The monoisotopic (exact) mass is 395 g/mol. The van der Waals surface area contributed by atoms with Crippen molar-refractivity contribution in [1.29, 1.82) is 0 Å². The largest absolute Gasteiger partial charge is 0.486 e. The highest BCUT2D eigenvalue weighted by atomic mass is 16.5. The van der Waals surface area contributed by atoms with Gasteiger partial charge < -0.3 is 14.8 Å². The number of esters is 1. The third-order valence-corrected chi connectivity index (χ3v) is 4.29. The van der Waals surface area contributed by atoms with Crippen molar-refractivity contribution in [2.45, 2.75) is 27.0 Å². The van der Waals surface area contributed by atoms with Gasteiger partial charge >= 0.3 is 5.97 Å². The van der Waals surface area contributed by atoms with E-state index in [1.165, 1.54) is 7.11 Å². The van der Waals surface area contributed by atoms with Crippen LogP contribution in [0.2, 0.25) is 0 Å². The normalized spacial score (nSPS) is 10.4. The molecule has 0 atom stereocenters. The van der Waals surface area contributed by atoms with Gasteiger partial charge in [-0.05, 0) is 66.2 Å². The number of aromatic nitrogens is 4. The number of tetrazole rings is 1. The van der Waals surface area contributed by atoms with Crippen molar-refractivity contribution in [1.82, 2.24) is 20.2 Å². The molecule has 29 heavy (non-hydrogen) atoms. The summed E-state index contributed by atoms with van der Waals surface area (Å²) < 4.78 is 12.1. The number of methoxy groups -OCH3 is 1. The average Bonchev–Trinajstić information content (AvgIpc) is 3.21. The van der Waals surface area contributed by atoms with Crippen LogP contribution in [0.5, 0.6) is 5.75 Å². The summed E-state index contributed by atoms with van der Waals surface area (Å²) in [6.45, 7) is 4.62. The molecule has 9 nitrogen and oxygen atoms in total. The first-order valence-corrected chi connectivity index (χ1v) is 9.00. The van der Waals surface area contributed by atoms with Crippen LogP contribution < -0.4 is 10.1 Å². The number of nitrogens with one attached hydrogen (secondary N) is 1. The van der Waals surface area contributed by atoms with Gasteiger partial charge in [-0.25, -0.2) is 9.48 Å².